The fraction of sp³-hybridized carbons (Fsp3) is 0.143. The van der Waals surface area contributed by atoms with E-state index in [0.29, 0.717) is 17.2 Å². The van der Waals surface area contributed by atoms with Crippen molar-refractivity contribution in [1.29, 1.82) is 5.26 Å². The van der Waals surface area contributed by atoms with Gasteiger partial charge in [-0.3, -0.25) is 10.1 Å². The summed E-state index contributed by atoms with van der Waals surface area (Å²) in [4.78, 5) is 16.5. The first-order chi connectivity index (χ1) is 10.0. The normalized spacial score (nSPS) is 9.76. The maximum Gasteiger partial charge on any atom is 0.276 e. The third kappa shape index (κ3) is 3.06. The molecule has 0 aliphatic rings. The van der Waals surface area contributed by atoms with Crippen molar-refractivity contribution in [3.63, 3.8) is 0 Å². The van der Waals surface area contributed by atoms with E-state index in [-0.39, 0.29) is 5.69 Å². The zero-order chi connectivity index (χ0) is 15.4. The van der Waals surface area contributed by atoms with Crippen LogP contribution in [-0.2, 0) is 0 Å². The molecule has 0 saturated carbocycles. The van der Waals surface area contributed by atoms with E-state index in [4.69, 9.17) is 5.26 Å². The number of benzene rings is 1. The third-order valence-corrected chi connectivity index (χ3v) is 2.99. The van der Waals surface area contributed by atoms with Gasteiger partial charge in [0, 0.05) is 19.8 Å². The van der Waals surface area contributed by atoms with Gasteiger partial charge >= 0.3 is 0 Å². The molecular weight excluding hydrogens is 270 g/mol. The summed E-state index contributed by atoms with van der Waals surface area (Å²) in [6.07, 6.45) is 0. The molecule has 0 spiro atoms. The van der Waals surface area contributed by atoms with Crippen molar-refractivity contribution in [2.24, 2.45) is 0 Å². The van der Waals surface area contributed by atoms with Gasteiger partial charge in [-0.15, -0.1) is 0 Å². The Hall–Kier alpha value is -3.14. The summed E-state index contributed by atoms with van der Waals surface area (Å²) in [6, 6.07) is 11.7. The van der Waals surface area contributed by atoms with Gasteiger partial charge in [0.15, 0.2) is 0 Å². The van der Waals surface area contributed by atoms with E-state index in [0.717, 1.165) is 5.69 Å². The van der Waals surface area contributed by atoms with Gasteiger partial charge in [-0.25, -0.2) is 4.98 Å². The van der Waals surface area contributed by atoms with Crippen LogP contribution in [0.3, 0.4) is 0 Å². The molecule has 0 fully saturated rings. The lowest BCUT2D eigenvalue weighted by Crippen LogP contribution is -2.12. The minimum absolute atomic E-state index is 0.0372. The Morgan fingerprint density at radius 1 is 1.33 bits per heavy atom. The van der Waals surface area contributed by atoms with Crippen molar-refractivity contribution in [3.8, 4) is 6.07 Å². The molecule has 7 nitrogen and oxygen atoms in total. The first kappa shape index (κ1) is 14.3. The van der Waals surface area contributed by atoms with E-state index in [1.54, 1.807) is 43.3 Å². The Morgan fingerprint density at radius 2 is 2.00 bits per heavy atom. The minimum atomic E-state index is -0.460. The second kappa shape index (κ2) is 5.88. The van der Waals surface area contributed by atoms with Crippen LogP contribution >= 0.6 is 0 Å². The predicted molar refractivity (Wildman–Crippen MR) is 79.7 cm³/mol. The molecule has 0 radical (unpaired) electrons. The van der Waals surface area contributed by atoms with Crippen LogP contribution in [-0.4, -0.2) is 24.0 Å². The topological polar surface area (TPSA) is 95.1 Å². The van der Waals surface area contributed by atoms with Gasteiger partial charge in [-0.05, 0) is 24.3 Å². The standard InChI is InChI=1S/C14H13N5O2/c1-16-13-7-12(19(20)21)8-14(17-13)18(2)11-5-3-10(9-15)4-6-11/h3-8H,1-2H3,(H,16,17). The summed E-state index contributed by atoms with van der Waals surface area (Å²) in [6.45, 7) is 0. The fourth-order valence-electron chi connectivity index (χ4n) is 1.80. The molecule has 0 atom stereocenters. The number of aromatic nitrogens is 1. The third-order valence-electron chi connectivity index (χ3n) is 2.99. The number of nitriles is 1. The summed E-state index contributed by atoms with van der Waals surface area (Å²) in [5, 5.41) is 22.6. The highest BCUT2D eigenvalue weighted by Gasteiger charge is 2.14. The van der Waals surface area contributed by atoms with Gasteiger partial charge in [0.25, 0.3) is 5.69 Å². The monoisotopic (exact) mass is 283 g/mol. The molecule has 0 saturated heterocycles. The first-order valence-electron chi connectivity index (χ1n) is 6.13. The number of rotatable bonds is 4. The molecule has 0 bridgehead atoms. The number of nitrogens with one attached hydrogen (secondary N) is 1. The largest absolute Gasteiger partial charge is 0.373 e. The highest BCUT2D eigenvalue weighted by Crippen LogP contribution is 2.27. The highest BCUT2D eigenvalue weighted by molar-refractivity contribution is 5.64. The number of hydrogen-bond donors (Lipinski definition) is 1. The molecule has 2 rings (SSSR count). The van der Waals surface area contributed by atoms with E-state index in [1.165, 1.54) is 12.1 Å². The number of hydrogen-bond acceptors (Lipinski definition) is 6. The van der Waals surface area contributed by atoms with Crippen LogP contribution in [0, 0.1) is 21.4 Å². The maximum absolute atomic E-state index is 11.0. The van der Waals surface area contributed by atoms with E-state index in [9.17, 15) is 10.1 Å². The van der Waals surface area contributed by atoms with Crippen molar-refractivity contribution >= 4 is 23.0 Å². The van der Waals surface area contributed by atoms with Crippen LogP contribution in [0.25, 0.3) is 0 Å². The van der Waals surface area contributed by atoms with Crippen LogP contribution in [0.4, 0.5) is 23.0 Å². The van der Waals surface area contributed by atoms with Crippen LogP contribution < -0.4 is 10.2 Å². The molecule has 21 heavy (non-hydrogen) atoms. The van der Waals surface area contributed by atoms with Crippen molar-refractivity contribution in [3.05, 3.63) is 52.1 Å². The lowest BCUT2D eigenvalue weighted by atomic mass is 10.2. The van der Waals surface area contributed by atoms with Crippen LogP contribution in [0.15, 0.2) is 36.4 Å². The van der Waals surface area contributed by atoms with Gasteiger partial charge in [0.2, 0.25) is 0 Å². The lowest BCUT2D eigenvalue weighted by Gasteiger charge is -2.18. The van der Waals surface area contributed by atoms with Crippen LogP contribution in [0.2, 0.25) is 0 Å². The Labute approximate surface area is 121 Å². The number of nitro groups is 1. The van der Waals surface area contributed by atoms with Crippen molar-refractivity contribution in [2.75, 3.05) is 24.3 Å². The molecule has 0 amide bonds. The fourth-order valence-corrected chi connectivity index (χ4v) is 1.80. The molecule has 0 aliphatic carbocycles. The lowest BCUT2D eigenvalue weighted by molar-refractivity contribution is -0.384. The Morgan fingerprint density at radius 3 is 2.52 bits per heavy atom. The molecule has 106 valence electrons. The average molecular weight is 283 g/mol. The molecule has 7 heteroatoms. The van der Waals surface area contributed by atoms with Gasteiger partial charge in [0.05, 0.1) is 28.7 Å². The van der Waals surface area contributed by atoms with E-state index < -0.39 is 4.92 Å². The SMILES string of the molecule is CNc1cc([N+](=O)[O-])cc(N(C)c2ccc(C#N)cc2)n1. The molecule has 1 N–H and O–H groups in total. The van der Waals surface area contributed by atoms with Crippen molar-refractivity contribution in [2.45, 2.75) is 0 Å². The molecule has 1 aromatic carbocycles. The second-order valence-electron chi connectivity index (χ2n) is 4.29. The van der Waals surface area contributed by atoms with Crippen molar-refractivity contribution < 1.29 is 4.92 Å². The van der Waals surface area contributed by atoms with Gasteiger partial charge in [-0.1, -0.05) is 0 Å². The van der Waals surface area contributed by atoms with Gasteiger partial charge in [-0.2, -0.15) is 5.26 Å². The smallest absolute Gasteiger partial charge is 0.276 e. The van der Waals surface area contributed by atoms with Crippen molar-refractivity contribution in [1.82, 2.24) is 4.98 Å². The molecule has 1 aromatic heterocycles. The summed E-state index contributed by atoms with van der Waals surface area (Å²) < 4.78 is 0. The highest BCUT2D eigenvalue weighted by atomic mass is 16.6. The quantitative estimate of drug-likeness (QED) is 0.684. The summed E-state index contributed by atoms with van der Waals surface area (Å²) in [7, 11) is 3.41. The zero-order valence-electron chi connectivity index (χ0n) is 11.6. The number of nitrogens with zero attached hydrogens (tertiary/aromatic N) is 4. The predicted octanol–water partition coefficient (Wildman–Crippen LogP) is 2.67. The number of pyridine rings is 1. The Balaban J connectivity index is 2.41. The van der Waals surface area contributed by atoms with Gasteiger partial charge < -0.3 is 10.2 Å². The first-order valence-corrected chi connectivity index (χ1v) is 6.13. The summed E-state index contributed by atoms with van der Waals surface area (Å²) in [5.74, 6) is 0.859. The molecule has 0 unspecified atom stereocenters. The minimum Gasteiger partial charge on any atom is -0.373 e. The molecule has 2 aromatic rings. The average Bonchev–Trinajstić information content (AvgIpc) is 2.53. The molecular formula is C14H13N5O2. The summed E-state index contributed by atoms with van der Waals surface area (Å²) in [5.41, 5.74) is 1.30. The van der Waals surface area contributed by atoms with Crippen LogP contribution in [0.5, 0.6) is 0 Å². The summed E-state index contributed by atoms with van der Waals surface area (Å²) >= 11 is 0. The molecule has 1 heterocycles. The van der Waals surface area contributed by atoms with Gasteiger partial charge in [0.1, 0.15) is 11.6 Å². The van der Waals surface area contributed by atoms with Crippen LogP contribution in [0.1, 0.15) is 5.56 Å². The second-order valence-corrected chi connectivity index (χ2v) is 4.29. The maximum atomic E-state index is 11.0. The van der Waals surface area contributed by atoms with E-state index in [2.05, 4.69) is 10.3 Å². The van der Waals surface area contributed by atoms with E-state index in [1.807, 2.05) is 6.07 Å². The Kier molecular flexibility index (Phi) is 4.00. The Bertz CT molecular complexity index is 706. The zero-order valence-corrected chi connectivity index (χ0v) is 11.6. The van der Waals surface area contributed by atoms with E-state index >= 15 is 0 Å². The number of anilines is 3. The molecule has 0 aliphatic heterocycles.